The molecule has 1 unspecified atom stereocenters. The molecule has 50 heavy (non-hydrogen) atoms. The van der Waals surface area contributed by atoms with E-state index in [1.165, 1.54) is 0 Å². The largest absolute Gasteiger partial charge is 0.598 e. The van der Waals surface area contributed by atoms with Gasteiger partial charge in [-0.25, -0.2) is 9.67 Å². The average Bonchev–Trinajstić information content (AvgIpc) is 3.43. The molecule has 1 saturated carbocycles. The van der Waals surface area contributed by atoms with Gasteiger partial charge in [0, 0.05) is 28.4 Å². The van der Waals surface area contributed by atoms with Gasteiger partial charge in [0.05, 0.1) is 53.8 Å². The van der Waals surface area contributed by atoms with Crippen molar-refractivity contribution in [3.05, 3.63) is 66.4 Å². The van der Waals surface area contributed by atoms with Gasteiger partial charge in [0.25, 0.3) is 0 Å². The third-order valence-electron chi connectivity index (χ3n) is 10.9. The van der Waals surface area contributed by atoms with Crippen LogP contribution in [-0.4, -0.2) is 56.8 Å². The van der Waals surface area contributed by atoms with E-state index in [-0.39, 0.29) is 28.1 Å². The third-order valence-corrected chi connectivity index (χ3v) is 21.5. The molecule has 0 aliphatic heterocycles. The van der Waals surface area contributed by atoms with Gasteiger partial charge in [-0.1, -0.05) is 59.7 Å². The standard InChI is InChI=1S/C38H58N6O3SSi2/c1-36(2,3)48(45)43-35(28-19-30(20-28)47-50(12,13)38(7,8)9)32-16-14-15-31(42-32)26-17-18-27-22-40-44(33(27)21-26)34-24-39-23-29(41-34)25-46-49(10,11)37(4,5)6/h14-18,21-24,28,30,35,43H,19-20,25H2,1-13H3/t28-,30+,35?,48-/m1/s1. The number of hydrogen-bond acceptors (Lipinski definition) is 8. The summed E-state index contributed by atoms with van der Waals surface area (Å²) in [5.74, 6) is 0.915. The zero-order chi connectivity index (χ0) is 36.9. The van der Waals surface area contributed by atoms with E-state index in [1.54, 1.807) is 12.4 Å². The normalized spacial score (nSPS) is 19.0. The molecule has 1 aromatic carbocycles. The minimum absolute atomic E-state index is 0.108. The molecule has 0 spiro atoms. The highest BCUT2D eigenvalue weighted by molar-refractivity contribution is 7.90. The van der Waals surface area contributed by atoms with E-state index in [0.29, 0.717) is 12.4 Å². The SMILES string of the molecule is CC(C)(C)[S@@+]([O-])NC(c1cccc(-c2ccc3cnn(-c4cncc(CO[Si](C)(C)C(C)(C)C)n4)c3c2)n1)[C@H]1C[C@@H](O[Si](C)(C)C(C)(C)C)C1. The van der Waals surface area contributed by atoms with Crippen LogP contribution in [0.3, 0.4) is 0 Å². The summed E-state index contributed by atoms with van der Waals surface area (Å²) in [4.78, 5) is 14.6. The number of benzene rings is 1. The molecule has 5 rings (SSSR count). The Kier molecular flexibility index (Phi) is 11.0. The number of nitrogens with one attached hydrogen (secondary N) is 1. The second kappa shape index (κ2) is 14.2. The van der Waals surface area contributed by atoms with E-state index < -0.39 is 32.7 Å². The zero-order valence-corrected chi connectivity index (χ0v) is 35.2. The van der Waals surface area contributed by atoms with Gasteiger partial charge in [-0.2, -0.15) is 5.10 Å². The van der Waals surface area contributed by atoms with Crippen LogP contribution in [0.5, 0.6) is 0 Å². The van der Waals surface area contributed by atoms with Crippen LogP contribution in [0, 0.1) is 5.92 Å². The highest BCUT2D eigenvalue weighted by Crippen LogP contribution is 2.45. The second-order valence-electron chi connectivity index (χ2n) is 17.9. The molecule has 4 aromatic rings. The van der Waals surface area contributed by atoms with E-state index in [0.717, 1.165) is 46.4 Å². The number of nitrogens with zero attached hydrogens (tertiary/aromatic N) is 5. The Balaban J connectivity index is 1.41. The molecular formula is C38H58N6O3SSi2. The van der Waals surface area contributed by atoms with Gasteiger partial charge in [0.2, 0.25) is 0 Å². The van der Waals surface area contributed by atoms with Gasteiger partial charge in [0.15, 0.2) is 22.5 Å². The molecule has 1 aliphatic carbocycles. The lowest BCUT2D eigenvalue weighted by Crippen LogP contribution is -2.51. The predicted octanol–water partition coefficient (Wildman–Crippen LogP) is 9.29. The number of hydrogen-bond donors (Lipinski definition) is 1. The second-order valence-corrected chi connectivity index (χ2v) is 29.5. The fourth-order valence-electron chi connectivity index (χ4n) is 5.44. The van der Waals surface area contributed by atoms with Crippen LogP contribution in [0.25, 0.3) is 28.0 Å². The Morgan fingerprint density at radius 3 is 2.22 bits per heavy atom. The smallest absolute Gasteiger partial charge is 0.192 e. The molecule has 3 aromatic heterocycles. The van der Waals surface area contributed by atoms with E-state index >= 15 is 0 Å². The molecular weight excluding hydrogens is 677 g/mol. The molecule has 3 heterocycles. The Hall–Kier alpha value is -2.46. The molecule has 12 heteroatoms. The molecule has 0 saturated heterocycles. The monoisotopic (exact) mass is 734 g/mol. The van der Waals surface area contributed by atoms with Crippen molar-refractivity contribution >= 4 is 38.9 Å². The number of rotatable bonds is 11. The molecule has 9 nitrogen and oxygen atoms in total. The number of pyridine rings is 1. The van der Waals surface area contributed by atoms with E-state index in [4.69, 9.17) is 18.8 Å². The quantitative estimate of drug-likeness (QED) is 0.120. The first-order chi connectivity index (χ1) is 23.1. The van der Waals surface area contributed by atoms with Crippen molar-refractivity contribution in [1.29, 1.82) is 0 Å². The highest BCUT2D eigenvalue weighted by atomic mass is 32.2. The summed E-state index contributed by atoms with van der Waals surface area (Å²) in [6.45, 7) is 29.1. The van der Waals surface area contributed by atoms with E-state index in [2.05, 4.69) is 107 Å². The lowest BCUT2D eigenvalue weighted by atomic mass is 9.76. The van der Waals surface area contributed by atoms with Crippen LogP contribution in [0.4, 0.5) is 0 Å². The first-order valence-corrected chi connectivity index (χ1v) is 24.8. The first kappa shape index (κ1) is 38.8. The summed E-state index contributed by atoms with van der Waals surface area (Å²) < 4.78 is 31.5. The molecule has 0 amide bonds. The minimum atomic E-state index is -1.94. The molecule has 272 valence electrons. The van der Waals surface area contributed by atoms with Gasteiger partial charge < -0.3 is 13.4 Å². The molecule has 1 fully saturated rings. The lowest BCUT2D eigenvalue weighted by Gasteiger charge is -2.46. The van der Waals surface area contributed by atoms with Crippen LogP contribution < -0.4 is 4.72 Å². The van der Waals surface area contributed by atoms with E-state index in [1.807, 2.05) is 43.8 Å². The Morgan fingerprint density at radius 1 is 0.900 bits per heavy atom. The first-order valence-electron chi connectivity index (χ1n) is 17.8. The summed E-state index contributed by atoms with van der Waals surface area (Å²) in [5, 5.41) is 5.95. The number of aromatic nitrogens is 5. The van der Waals surface area contributed by atoms with Crippen LogP contribution in [-0.2, 0) is 26.8 Å². The average molecular weight is 735 g/mol. The van der Waals surface area contributed by atoms with Crippen molar-refractivity contribution in [2.24, 2.45) is 5.92 Å². The van der Waals surface area contributed by atoms with Crippen molar-refractivity contribution in [3.63, 3.8) is 0 Å². The molecule has 1 N–H and O–H groups in total. The fourth-order valence-corrected chi connectivity index (χ4v) is 8.66. The van der Waals surface area contributed by atoms with Gasteiger partial charge in [-0.05, 0) is 94.0 Å². The van der Waals surface area contributed by atoms with Crippen molar-refractivity contribution in [1.82, 2.24) is 29.5 Å². The summed E-state index contributed by atoms with van der Waals surface area (Å²) in [7, 11) is -3.82. The maximum absolute atomic E-state index is 13.5. The molecule has 0 bridgehead atoms. The summed E-state index contributed by atoms with van der Waals surface area (Å²) in [6.07, 6.45) is 7.42. The van der Waals surface area contributed by atoms with Gasteiger partial charge in [-0.3, -0.25) is 9.97 Å². The highest BCUT2D eigenvalue weighted by Gasteiger charge is 2.46. The Bertz CT molecular complexity index is 1790. The van der Waals surface area contributed by atoms with Crippen LogP contribution in [0.1, 0.15) is 92.6 Å². The van der Waals surface area contributed by atoms with Crippen LogP contribution in [0.2, 0.25) is 36.3 Å². The van der Waals surface area contributed by atoms with E-state index in [9.17, 15) is 4.55 Å². The molecule has 1 aliphatic rings. The lowest BCUT2D eigenvalue weighted by molar-refractivity contribution is 0.0365. The van der Waals surface area contributed by atoms with Crippen molar-refractivity contribution in [2.75, 3.05) is 0 Å². The summed E-state index contributed by atoms with van der Waals surface area (Å²) in [5.41, 5.74) is 4.40. The molecule has 2 atom stereocenters. The maximum Gasteiger partial charge on any atom is 0.192 e. The van der Waals surface area contributed by atoms with Gasteiger partial charge >= 0.3 is 0 Å². The zero-order valence-electron chi connectivity index (χ0n) is 32.4. The summed E-state index contributed by atoms with van der Waals surface area (Å²) >= 11 is -1.26. The maximum atomic E-state index is 13.5. The van der Waals surface area contributed by atoms with Gasteiger partial charge in [0.1, 0.15) is 4.75 Å². The van der Waals surface area contributed by atoms with Gasteiger partial charge in [-0.15, -0.1) is 4.72 Å². The van der Waals surface area contributed by atoms with Crippen molar-refractivity contribution in [3.8, 4) is 17.1 Å². The Morgan fingerprint density at radius 2 is 1.58 bits per heavy atom. The third kappa shape index (κ3) is 8.59. The fraction of sp³-hybridized carbons (Fsp3) is 0.579. The van der Waals surface area contributed by atoms with Crippen molar-refractivity contribution < 1.29 is 13.4 Å². The Labute approximate surface area is 305 Å². The predicted molar refractivity (Wildman–Crippen MR) is 210 cm³/mol. The number of fused-ring (bicyclic) bond motifs is 1. The molecule has 0 radical (unpaired) electrons. The topological polar surface area (TPSA) is 110 Å². The van der Waals surface area contributed by atoms with Crippen LogP contribution >= 0.6 is 0 Å². The minimum Gasteiger partial charge on any atom is -0.598 e. The van der Waals surface area contributed by atoms with Crippen molar-refractivity contribution in [2.45, 2.75) is 135 Å². The van der Waals surface area contributed by atoms with Crippen LogP contribution in [0.15, 0.2) is 55.0 Å². The summed E-state index contributed by atoms with van der Waals surface area (Å²) in [6, 6.07) is 12.2.